The van der Waals surface area contributed by atoms with Gasteiger partial charge >= 0.3 is 6.55 Å². The Kier molecular flexibility index (Phi) is 2.76. The van der Waals surface area contributed by atoms with Gasteiger partial charge in [0.2, 0.25) is 0 Å². The van der Waals surface area contributed by atoms with Crippen LogP contribution in [-0.2, 0) is 0 Å². The van der Waals surface area contributed by atoms with E-state index in [1.165, 1.54) is 12.4 Å². The van der Waals surface area contributed by atoms with Gasteiger partial charge < -0.3 is 0 Å². The molecule has 0 N–H and O–H groups in total. The lowest BCUT2D eigenvalue weighted by atomic mass is 10.0. The Balaban J connectivity index is 2.46. The zero-order valence-electron chi connectivity index (χ0n) is 8.18. The Morgan fingerprint density at radius 1 is 1.31 bits per heavy atom. The second-order valence-corrected chi connectivity index (χ2v) is 3.19. The van der Waals surface area contributed by atoms with E-state index in [1.54, 1.807) is 24.3 Å². The number of aromatic nitrogens is 2. The lowest BCUT2D eigenvalue weighted by Crippen LogP contribution is -1.96. The third-order valence-corrected chi connectivity index (χ3v) is 2.20. The summed E-state index contributed by atoms with van der Waals surface area (Å²) in [5.41, 5.74) is 1.56. The van der Waals surface area contributed by atoms with Gasteiger partial charge in [0.25, 0.3) is 0 Å². The SMILES string of the molecule is O=Cc1ccccc1-c1cnn(C(F)F)c1. The number of hydrogen-bond donors (Lipinski definition) is 0. The molecule has 16 heavy (non-hydrogen) atoms. The van der Waals surface area contributed by atoms with Crippen molar-refractivity contribution in [1.29, 1.82) is 0 Å². The summed E-state index contributed by atoms with van der Waals surface area (Å²) < 4.78 is 25.2. The van der Waals surface area contributed by atoms with Crippen molar-refractivity contribution in [3.8, 4) is 11.1 Å². The molecule has 0 aliphatic heterocycles. The van der Waals surface area contributed by atoms with Crippen molar-refractivity contribution in [2.45, 2.75) is 6.55 Å². The van der Waals surface area contributed by atoms with Gasteiger partial charge in [0.1, 0.15) is 0 Å². The standard InChI is InChI=1S/C11H8F2N2O/c12-11(13)15-6-9(5-14-15)10-4-2-1-3-8(10)7-16/h1-7,11H. The molecule has 3 nitrogen and oxygen atoms in total. The molecule has 0 fully saturated rings. The normalized spacial score (nSPS) is 10.7. The molecule has 0 aliphatic carbocycles. The predicted octanol–water partition coefficient (Wildman–Crippen LogP) is 2.76. The Morgan fingerprint density at radius 2 is 2.06 bits per heavy atom. The summed E-state index contributed by atoms with van der Waals surface area (Å²) in [5, 5.41) is 3.52. The summed E-state index contributed by atoms with van der Waals surface area (Å²) in [6.07, 6.45) is 3.22. The molecule has 0 saturated carbocycles. The van der Waals surface area contributed by atoms with E-state index >= 15 is 0 Å². The number of carbonyl (C=O) groups excluding carboxylic acids is 1. The molecule has 5 heteroatoms. The van der Waals surface area contributed by atoms with Crippen molar-refractivity contribution >= 4 is 6.29 Å². The van der Waals surface area contributed by atoms with E-state index in [1.807, 2.05) is 0 Å². The summed E-state index contributed by atoms with van der Waals surface area (Å²) in [6, 6.07) is 6.77. The molecular formula is C11H8F2N2O. The minimum Gasteiger partial charge on any atom is -0.298 e. The van der Waals surface area contributed by atoms with E-state index in [0.29, 0.717) is 27.7 Å². The van der Waals surface area contributed by atoms with Crippen LogP contribution >= 0.6 is 0 Å². The van der Waals surface area contributed by atoms with Gasteiger partial charge in [-0.1, -0.05) is 24.3 Å². The smallest absolute Gasteiger partial charge is 0.298 e. The lowest BCUT2D eigenvalue weighted by molar-refractivity contribution is 0.0566. The average molecular weight is 222 g/mol. The Bertz CT molecular complexity index is 508. The van der Waals surface area contributed by atoms with Crippen LogP contribution in [0, 0.1) is 0 Å². The summed E-state index contributed by atoms with van der Waals surface area (Å²) in [6.45, 7) is -2.67. The number of benzene rings is 1. The van der Waals surface area contributed by atoms with Crippen LogP contribution < -0.4 is 0 Å². The van der Waals surface area contributed by atoms with E-state index in [-0.39, 0.29) is 0 Å². The molecule has 0 radical (unpaired) electrons. The molecule has 0 atom stereocenters. The molecule has 0 aliphatic rings. The zero-order chi connectivity index (χ0) is 11.5. The molecule has 82 valence electrons. The first-order valence-electron chi connectivity index (χ1n) is 4.59. The maximum Gasteiger partial charge on any atom is 0.333 e. The molecule has 2 rings (SSSR count). The second kappa shape index (κ2) is 4.22. The van der Waals surface area contributed by atoms with Crippen LogP contribution in [0.4, 0.5) is 8.78 Å². The Labute approximate surface area is 90.3 Å². The molecule has 0 bridgehead atoms. The first kappa shape index (κ1) is 10.5. The lowest BCUT2D eigenvalue weighted by Gasteiger charge is -2.00. The largest absolute Gasteiger partial charge is 0.333 e. The number of hydrogen-bond acceptors (Lipinski definition) is 2. The fourth-order valence-corrected chi connectivity index (χ4v) is 1.45. The van der Waals surface area contributed by atoms with Gasteiger partial charge in [-0.2, -0.15) is 13.9 Å². The second-order valence-electron chi connectivity index (χ2n) is 3.19. The fraction of sp³-hybridized carbons (Fsp3) is 0.0909. The molecule has 1 heterocycles. The summed E-state index contributed by atoms with van der Waals surface area (Å²) in [5.74, 6) is 0. The van der Waals surface area contributed by atoms with Crippen LogP contribution in [0.25, 0.3) is 11.1 Å². The van der Waals surface area contributed by atoms with Crippen LogP contribution in [0.3, 0.4) is 0 Å². The van der Waals surface area contributed by atoms with Crippen molar-refractivity contribution in [3.05, 3.63) is 42.2 Å². The zero-order valence-corrected chi connectivity index (χ0v) is 8.18. The predicted molar refractivity (Wildman–Crippen MR) is 54.3 cm³/mol. The molecule has 0 saturated heterocycles. The van der Waals surface area contributed by atoms with Crippen LogP contribution in [0.2, 0.25) is 0 Å². The van der Waals surface area contributed by atoms with E-state index in [4.69, 9.17) is 0 Å². The van der Waals surface area contributed by atoms with Crippen molar-refractivity contribution in [1.82, 2.24) is 9.78 Å². The Morgan fingerprint density at radius 3 is 2.69 bits per heavy atom. The quantitative estimate of drug-likeness (QED) is 0.748. The molecule has 2 aromatic rings. The van der Waals surface area contributed by atoms with Crippen LogP contribution in [0.5, 0.6) is 0 Å². The number of rotatable bonds is 3. The highest BCUT2D eigenvalue weighted by molar-refractivity contribution is 5.87. The van der Waals surface area contributed by atoms with Crippen molar-refractivity contribution < 1.29 is 13.6 Å². The highest BCUT2D eigenvalue weighted by Gasteiger charge is 2.10. The van der Waals surface area contributed by atoms with Gasteiger partial charge in [0, 0.05) is 17.3 Å². The van der Waals surface area contributed by atoms with Gasteiger partial charge in [-0.15, -0.1) is 0 Å². The van der Waals surface area contributed by atoms with Crippen molar-refractivity contribution in [3.63, 3.8) is 0 Å². The fourth-order valence-electron chi connectivity index (χ4n) is 1.45. The van der Waals surface area contributed by atoms with Crippen LogP contribution in [0.1, 0.15) is 16.9 Å². The van der Waals surface area contributed by atoms with E-state index in [9.17, 15) is 13.6 Å². The summed E-state index contributed by atoms with van der Waals surface area (Å²) in [4.78, 5) is 10.8. The highest BCUT2D eigenvalue weighted by Crippen LogP contribution is 2.23. The number of aldehydes is 1. The minimum absolute atomic E-state index is 0.455. The molecule has 1 aromatic heterocycles. The molecule has 0 unspecified atom stereocenters. The van der Waals surface area contributed by atoms with Crippen LogP contribution in [-0.4, -0.2) is 16.1 Å². The monoisotopic (exact) mass is 222 g/mol. The van der Waals surface area contributed by atoms with Gasteiger partial charge in [-0.3, -0.25) is 4.79 Å². The summed E-state index contributed by atoms with van der Waals surface area (Å²) >= 11 is 0. The van der Waals surface area contributed by atoms with Gasteiger partial charge in [0.15, 0.2) is 6.29 Å². The van der Waals surface area contributed by atoms with Crippen molar-refractivity contribution in [2.75, 3.05) is 0 Å². The summed E-state index contributed by atoms with van der Waals surface area (Å²) in [7, 11) is 0. The number of carbonyl (C=O) groups is 1. The maximum absolute atomic E-state index is 12.3. The molecule has 0 spiro atoms. The van der Waals surface area contributed by atoms with Gasteiger partial charge in [-0.05, 0) is 5.56 Å². The number of halogens is 2. The van der Waals surface area contributed by atoms with E-state index < -0.39 is 6.55 Å². The topological polar surface area (TPSA) is 34.9 Å². The van der Waals surface area contributed by atoms with Crippen LogP contribution in [0.15, 0.2) is 36.7 Å². The first-order chi connectivity index (χ1) is 7.72. The first-order valence-corrected chi connectivity index (χ1v) is 4.59. The number of nitrogens with zero attached hydrogens (tertiary/aromatic N) is 2. The third-order valence-electron chi connectivity index (χ3n) is 2.20. The molecular weight excluding hydrogens is 214 g/mol. The Hall–Kier alpha value is -2.04. The third kappa shape index (κ3) is 1.84. The maximum atomic E-state index is 12.3. The van der Waals surface area contributed by atoms with Gasteiger partial charge in [-0.25, -0.2) is 4.68 Å². The van der Waals surface area contributed by atoms with Gasteiger partial charge in [0.05, 0.1) is 6.20 Å². The highest BCUT2D eigenvalue weighted by atomic mass is 19.3. The molecule has 1 aromatic carbocycles. The number of alkyl halides is 2. The van der Waals surface area contributed by atoms with Crippen molar-refractivity contribution in [2.24, 2.45) is 0 Å². The minimum atomic E-state index is -2.67. The van der Waals surface area contributed by atoms with E-state index in [0.717, 1.165) is 0 Å². The molecule has 0 amide bonds. The van der Waals surface area contributed by atoms with E-state index in [2.05, 4.69) is 5.10 Å². The average Bonchev–Trinajstić information content (AvgIpc) is 2.78.